The molecule has 0 aliphatic heterocycles. The molecule has 0 saturated heterocycles. The SMILES string of the molecule is CC=C1CCC2C3CC=C4C=CCCC4(C)C3CCC12C. The Balaban J connectivity index is 1.73. The van der Waals surface area contributed by atoms with Crippen LogP contribution in [0.3, 0.4) is 0 Å². The second-order valence-electron chi connectivity index (χ2n) is 8.44. The molecular weight excluding hydrogens is 252 g/mol. The Kier molecular flexibility index (Phi) is 3.04. The molecule has 0 amide bonds. The molecule has 0 N–H and O–H groups in total. The monoisotopic (exact) mass is 282 g/mol. The van der Waals surface area contributed by atoms with Crippen molar-refractivity contribution in [1.29, 1.82) is 0 Å². The maximum atomic E-state index is 2.61. The molecule has 0 heteroatoms. The molecule has 4 aliphatic rings. The molecule has 21 heavy (non-hydrogen) atoms. The second kappa shape index (κ2) is 4.61. The quantitative estimate of drug-likeness (QED) is 0.474. The summed E-state index contributed by atoms with van der Waals surface area (Å²) in [6.45, 7) is 7.42. The zero-order valence-electron chi connectivity index (χ0n) is 14.0. The van der Waals surface area contributed by atoms with E-state index in [1.807, 2.05) is 0 Å². The molecule has 0 aromatic heterocycles. The van der Waals surface area contributed by atoms with Crippen LogP contribution >= 0.6 is 0 Å². The molecule has 0 aromatic rings. The van der Waals surface area contributed by atoms with Gasteiger partial charge in [0.25, 0.3) is 0 Å². The van der Waals surface area contributed by atoms with E-state index in [0.29, 0.717) is 10.8 Å². The number of fused-ring (bicyclic) bond motifs is 5. The number of rotatable bonds is 0. The van der Waals surface area contributed by atoms with Crippen LogP contribution in [0.25, 0.3) is 0 Å². The van der Waals surface area contributed by atoms with E-state index in [1.54, 1.807) is 11.1 Å². The van der Waals surface area contributed by atoms with Crippen LogP contribution in [-0.4, -0.2) is 0 Å². The van der Waals surface area contributed by atoms with Crippen LogP contribution in [0, 0.1) is 28.6 Å². The highest BCUT2D eigenvalue weighted by Gasteiger charge is 2.56. The third-order valence-electron chi connectivity index (χ3n) is 7.85. The second-order valence-corrected chi connectivity index (χ2v) is 8.44. The van der Waals surface area contributed by atoms with Crippen molar-refractivity contribution < 1.29 is 0 Å². The average Bonchev–Trinajstić information content (AvgIpc) is 2.83. The Morgan fingerprint density at radius 3 is 2.71 bits per heavy atom. The van der Waals surface area contributed by atoms with Crippen molar-refractivity contribution >= 4 is 0 Å². The first kappa shape index (κ1) is 13.9. The van der Waals surface area contributed by atoms with E-state index in [2.05, 4.69) is 45.1 Å². The summed E-state index contributed by atoms with van der Waals surface area (Å²) in [5.41, 5.74) is 4.46. The largest absolute Gasteiger partial charge is 0.0879 e. The van der Waals surface area contributed by atoms with Crippen molar-refractivity contribution in [3.8, 4) is 0 Å². The van der Waals surface area contributed by atoms with Crippen molar-refractivity contribution in [1.82, 2.24) is 0 Å². The van der Waals surface area contributed by atoms with Gasteiger partial charge in [-0.05, 0) is 86.0 Å². The van der Waals surface area contributed by atoms with Gasteiger partial charge >= 0.3 is 0 Å². The van der Waals surface area contributed by atoms with Crippen LogP contribution in [0.4, 0.5) is 0 Å². The molecule has 0 heterocycles. The molecule has 4 rings (SSSR count). The predicted molar refractivity (Wildman–Crippen MR) is 90.0 cm³/mol. The van der Waals surface area contributed by atoms with Gasteiger partial charge in [0, 0.05) is 0 Å². The van der Waals surface area contributed by atoms with Crippen LogP contribution in [0.1, 0.15) is 65.7 Å². The Labute approximate surface area is 130 Å². The fourth-order valence-electron chi connectivity index (χ4n) is 6.62. The smallest absolute Gasteiger partial charge is 0.00445 e. The van der Waals surface area contributed by atoms with E-state index >= 15 is 0 Å². The van der Waals surface area contributed by atoms with Gasteiger partial charge in [-0.15, -0.1) is 0 Å². The van der Waals surface area contributed by atoms with E-state index in [9.17, 15) is 0 Å². The Hall–Kier alpha value is -0.780. The van der Waals surface area contributed by atoms with Crippen molar-refractivity contribution in [3.63, 3.8) is 0 Å². The van der Waals surface area contributed by atoms with Crippen LogP contribution in [-0.2, 0) is 0 Å². The highest BCUT2D eigenvalue weighted by Crippen LogP contribution is 2.65. The lowest BCUT2D eigenvalue weighted by Gasteiger charge is -2.56. The van der Waals surface area contributed by atoms with Gasteiger partial charge in [-0.2, -0.15) is 0 Å². The van der Waals surface area contributed by atoms with Crippen molar-refractivity contribution in [2.75, 3.05) is 0 Å². The molecule has 0 spiro atoms. The molecule has 0 bridgehead atoms. The summed E-state index contributed by atoms with van der Waals surface area (Å²) in [5.74, 6) is 2.83. The first-order valence-corrected chi connectivity index (χ1v) is 9.12. The molecule has 4 aliphatic carbocycles. The maximum Gasteiger partial charge on any atom is -0.00445 e. The van der Waals surface area contributed by atoms with Gasteiger partial charge in [-0.25, -0.2) is 0 Å². The summed E-state index contributed by atoms with van der Waals surface area (Å²) in [5, 5.41) is 0. The molecule has 0 nitrogen and oxygen atoms in total. The number of allylic oxidation sites excluding steroid dienone is 6. The summed E-state index contributed by atoms with van der Waals surface area (Å²) in [7, 11) is 0. The van der Waals surface area contributed by atoms with Gasteiger partial charge < -0.3 is 0 Å². The highest BCUT2D eigenvalue weighted by molar-refractivity contribution is 5.35. The van der Waals surface area contributed by atoms with Crippen LogP contribution in [0.15, 0.2) is 35.5 Å². The van der Waals surface area contributed by atoms with Gasteiger partial charge in [-0.1, -0.05) is 43.7 Å². The summed E-state index contributed by atoms with van der Waals surface area (Å²) in [4.78, 5) is 0. The van der Waals surface area contributed by atoms with E-state index in [1.165, 1.54) is 44.9 Å². The summed E-state index contributed by atoms with van der Waals surface area (Å²) >= 11 is 0. The maximum absolute atomic E-state index is 2.61. The Morgan fingerprint density at radius 1 is 1.10 bits per heavy atom. The van der Waals surface area contributed by atoms with Crippen LogP contribution in [0.2, 0.25) is 0 Å². The number of hydrogen-bond acceptors (Lipinski definition) is 0. The topological polar surface area (TPSA) is 0 Å². The van der Waals surface area contributed by atoms with Crippen LogP contribution in [0.5, 0.6) is 0 Å². The third-order valence-corrected chi connectivity index (χ3v) is 7.85. The van der Waals surface area contributed by atoms with Crippen molar-refractivity contribution in [2.45, 2.75) is 65.7 Å². The molecular formula is C21H30. The minimum atomic E-state index is 0.484. The van der Waals surface area contributed by atoms with E-state index in [4.69, 9.17) is 0 Å². The van der Waals surface area contributed by atoms with Crippen molar-refractivity contribution in [3.05, 3.63) is 35.5 Å². The normalized spacial score (nSPS) is 50.3. The molecule has 0 radical (unpaired) electrons. The highest BCUT2D eigenvalue weighted by atomic mass is 14.6. The fraction of sp³-hybridized carbons (Fsp3) is 0.714. The van der Waals surface area contributed by atoms with Gasteiger partial charge in [0.2, 0.25) is 0 Å². The molecule has 5 unspecified atom stereocenters. The van der Waals surface area contributed by atoms with Gasteiger partial charge in [0.05, 0.1) is 0 Å². The summed E-state index contributed by atoms with van der Waals surface area (Å²) in [6.07, 6.45) is 19.6. The molecule has 0 aromatic carbocycles. The molecule has 114 valence electrons. The first-order valence-electron chi connectivity index (χ1n) is 9.12. The average molecular weight is 282 g/mol. The van der Waals surface area contributed by atoms with E-state index in [0.717, 1.165) is 17.8 Å². The predicted octanol–water partition coefficient (Wildman–Crippen LogP) is 6.06. The minimum Gasteiger partial charge on any atom is -0.0879 e. The van der Waals surface area contributed by atoms with Gasteiger partial charge in [0.1, 0.15) is 0 Å². The third kappa shape index (κ3) is 1.74. The molecule has 5 atom stereocenters. The summed E-state index contributed by atoms with van der Waals surface area (Å²) in [6, 6.07) is 0. The first-order chi connectivity index (χ1) is 10.1. The number of hydrogen-bond donors (Lipinski definition) is 0. The lowest BCUT2D eigenvalue weighted by molar-refractivity contribution is -0.00576. The molecule has 2 fully saturated rings. The fourth-order valence-corrected chi connectivity index (χ4v) is 6.62. The van der Waals surface area contributed by atoms with E-state index in [-0.39, 0.29) is 0 Å². The van der Waals surface area contributed by atoms with Gasteiger partial charge in [-0.3, -0.25) is 0 Å². The lowest BCUT2D eigenvalue weighted by Crippen LogP contribution is -2.48. The standard InChI is InChI=1S/C21H30/c1-4-15-9-11-18-17-10-8-16-7-5-6-13-20(16,2)19(17)12-14-21(15,18)3/h4-5,7-8,17-19H,6,9-14H2,1-3H3. The van der Waals surface area contributed by atoms with E-state index < -0.39 is 0 Å². The van der Waals surface area contributed by atoms with Crippen molar-refractivity contribution in [2.24, 2.45) is 28.6 Å². The minimum absolute atomic E-state index is 0.484. The Morgan fingerprint density at radius 2 is 1.90 bits per heavy atom. The zero-order chi connectivity index (χ0) is 14.7. The Bertz CT molecular complexity index is 534. The summed E-state index contributed by atoms with van der Waals surface area (Å²) < 4.78 is 0. The van der Waals surface area contributed by atoms with Gasteiger partial charge in [0.15, 0.2) is 0 Å². The van der Waals surface area contributed by atoms with Crippen LogP contribution < -0.4 is 0 Å². The lowest BCUT2D eigenvalue weighted by atomic mass is 9.48. The molecule has 2 saturated carbocycles. The zero-order valence-corrected chi connectivity index (χ0v) is 14.0.